The number of aliphatic imine (C=N–C) groups is 1. The van der Waals surface area contributed by atoms with Crippen molar-refractivity contribution in [3.63, 3.8) is 0 Å². The number of benzene rings is 2. The van der Waals surface area contributed by atoms with Gasteiger partial charge in [0.15, 0.2) is 5.17 Å². The zero-order valence-electron chi connectivity index (χ0n) is 18.5. The molecule has 1 aliphatic heterocycles. The first-order valence-electron chi connectivity index (χ1n) is 11.2. The van der Waals surface area contributed by atoms with Crippen LogP contribution in [0.1, 0.15) is 44.6 Å². The maximum absolute atomic E-state index is 14.8. The molecular formula is C24H27FN4O3S. The van der Waals surface area contributed by atoms with Crippen molar-refractivity contribution in [2.75, 3.05) is 10.7 Å². The minimum absolute atomic E-state index is 0.0840. The van der Waals surface area contributed by atoms with Crippen LogP contribution in [0.3, 0.4) is 0 Å². The van der Waals surface area contributed by atoms with Gasteiger partial charge in [-0.1, -0.05) is 61.4 Å². The number of amides is 1. The normalized spacial score (nSPS) is 20.2. The number of anilines is 1. The lowest BCUT2D eigenvalue weighted by molar-refractivity contribution is -0.384. The Kier molecular flexibility index (Phi) is 7.27. The summed E-state index contributed by atoms with van der Waals surface area (Å²) >= 11 is 1.55. The van der Waals surface area contributed by atoms with Gasteiger partial charge in [0.2, 0.25) is 5.91 Å². The highest BCUT2D eigenvalue weighted by Crippen LogP contribution is 2.35. The molecule has 0 N–H and O–H groups in total. The van der Waals surface area contributed by atoms with Gasteiger partial charge >= 0.3 is 0 Å². The van der Waals surface area contributed by atoms with Crippen LogP contribution in [-0.4, -0.2) is 38.9 Å². The Morgan fingerprint density at radius 1 is 1.21 bits per heavy atom. The highest BCUT2D eigenvalue weighted by atomic mass is 32.2. The van der Waals surface area contributed by atoms with Crippen molar-refractivity contribution in [3.05, 3.63) is 70.0 Å². The van der Waals surface area contributed by atoms with Gasteiger partial charge in [0, 0.05) is 31.4 Å². The molecule has 1 unspecified atom stereocenters. The lowest BCUT2D eigenvalue weighted by atomic mass is 9.96. The van der Waals surface area contributed by atoms with Gasteiger partial charge in [0.05, 0.1) is 16.7 Å². The average Bonchev–Trinajstić information content (AvgIpc) is 3.17. The Balaban J connectivity index is 1.72. The van der Waals surface area contributed by atoms with Gasteiger partial charge in [-0.2, -0.15) is 0 Å². The highest BCUT2D eigenvalue weighted by Gasteiger charge is 2.38. The summed E-state index contributed by atoms with van der Waals surface area (Å²) in [4.78, 5) is 31.9. The molecule has 7 nitrogen and oxygen atoms in total. The Hall–Kier alpha value is -2.94. The van der Waals surface area contributed by atoms with Gasteiger partial charge < -0.3 is 4.90 Å². The zero-order valence-corrected chi connectivity index (χ0v) is 19.3. The van der Waals surface area contributed by atoms with Crippen LogP contribution in [0.15, 0.2) is 53.5 Å². The first kappa shape index (κ1) is 23.2. The van der Waals surface area contributed by atoms with E-state index in [9.17, 15) is 19.3 Å². The molecule has 2 aliphatic rings. The molecule has 1 atom stereocenters. The molecule has 0 aromatic heterocycles. The maximum atomic E-state index is 14.8. The smallest absolute Gasteiger partial charge is 0.271 e. The number of carbonyl (C=O) groups excluding carboxylic acids is 1. The van der Waals surface area contributed by atoms with Crippen LogP contribution in [0.25, 0.3) is 0 Å². The van der Waals surface area contributed by atoms with Gasteiger partial charge in [0.1, 0.15) is 12.0 Å². The van der Waals surface area contributed by atoms with Crippen molar-refractivity contribution in [1.29, 1.82) is 0 Å². The molecule has 2 aromatic rings. The summed E-state index contributed by atoms with van der Waals surface area (Å²) in [6, 6.07) is 13.4. The first-order chi connectivity index (χ1) is 15.9. The molecule has 174 valence electrons. The third-order valence-electron chi connectivity index (χ3n) is 6.07. The van der Waals surface area contributed by atoms with E-state index in [0.29, 0.717) is 12.3 Å². The molecule has 9 heteroatoms. The van der Waals surface area contributed by atoms with Gasteiger partial charge in [-0.05, 0) is 24.5 Å². The van der Waals surface area contributed by atoms with E-state index in [1.165, 1.54) is 18.2 Å². The Labute approximate surface area is 196 Å². The summed E-state index contributed by atoms with van der Waals surface area (Å²) < 4.78 is 14.8. The Bertz CT molecular complexity index is 1040. The van der Waals surface area contributed by atoms with Gasteiger partial charge in [-0.15, -0.1) is 0 Å². The van der Waals surface area contributed by atoms with Crippen LogP contribution in [0.2, 0.25) is 0 Å². The van der Waals surface area contributed by atoms with Crippen molar-refractivity contribution in [3.8, 4) is 0 Å². The molecule has 1 aliphatic carbocycles. The van der Waals surface area contributed by atoms with Gasteiger partial charge in [-0.25, -0.2) is 4.39 Å². The number of nitro groups is 1. The van der Waals surface area contributed by atoms with E-state index in [1.807, 2.05) is 35.2 Å². The topological polar surface area (TPSA) is 79.0 Å². The van der Waals surface area contributed by atoms with E-state index >= 15 is 0 Å². The highest BCUT2D eigenvalue weighted by molar-refractivity contribution is 8.14. The summed E-state index contributed by atoms with van der Waals surface area (Å²) in [6.07, 6.45) is 5.13. The van der Waals surface area contributed by atoms with Crippen molar-refractivity contribution in [2.24, 2.45) is 4.99 Å². The van der Waals surface area contributed by atoms with Crippen LogP contribution in [-0.2, 0) is 11.3 Å². The van der Waals surface area contributed by atoms with Crippen LogP contribution in [0, 0.1) is 15.9 Å². The number of hydrogen-bond donors (Lipinski definition) is 0. The molecule has 2 fully saturated rings. The Morgan fingerprint density at radius 2 is 1.94 bits per heavy atom. The number of thioether (sulfide) groups is 1. The van der Waals surface area contributed by atoms with E-state index in [0.717, 1.165) is 54.6 Å². The lowest BCUT2D eigenvalue weighted by Crippen LogP contribution is -2.50. The lowest BCUT2D eigenvalue weighted by Gasteiger charge is -2.35. The second-order valence-corrected chi connectivity index (χ2v) is 9.38. The van der Waals surface area contributed by atoms with Crippen molar-refractivity contribution in [2.45, 2.75) is 57.8 Å². The number of nitrogens with zero attached hydrogens (tertiary/aromatic N) is 4. The number of halogens is 1. The predicted molar refractivity (Wildman–Crippen MR) is 129 cm³/mol. The van der Waals surface area contributed by atoms with Crippen molar-refractivity contribution in [1.82, 2.24) is 4.90 Å². The third-order valence-corrected chi connectivity index (χ3v) is 7.13. The third kappa shape index (κ3) is 5.35. The van der Waals surface area contributed by atoms with Crippen molar-refractivity contribution >= 4 is 34.2 Å². The molecule has 33 heavy (non-hydrogen) atoms. The number of nitro benzene ring substituents is 1. The Morgan fingerprint density at radius 3 is 2.61 bits per heavy atom. The summed E-state index contributed by atoms with van der Waals surface area (Å²) in [5, 5.41) is 12.1. The number of amidine groups is 1. The van der Waals surface area contributed by atoms with Crippen molar-refractivity contribution < 1.29 is 14.1 Å². The zero-order chi connectivity index (χ0) is 23.4. The minimum atomic E-state index is -0.668. The van der Waals surface area contributed by atoms with E-state index < -0.39 is 16.9 Å². The molecule has 0 radical (unpaired) electrons. The molecule has 1 saturated carbocycles. The van der Waals surface area contributed by atoms with E-state index in [1.54, 1.807) is 11.8 Å². The quantitative estimate of drug-likeness (QED) is 0.420. The van der Waals surface area contributed by atoms with Crippen LogP contribution < -0.4 is 4.90 Å². The molecule has 1 heterocycles. The molecule has 2 aromatic carbocycles. The van der Waals surface area contributed by atoms with Crippen LogP contribution in [0.4, 0.5) is 15.8 Å². The molecule has 1 saturated heterocycles. The monoisotopic (exact) mass is 470 g/mol. The summed E-state index contributed by atoms with van der Waals surface area (Å²) in [5.74, 6) is -0.546. The van der Waals surface area contributed by atoms with Gasteiger partial charge in [0.25, 0.3) is 5.69 Å². The summed E-state index contributed by atoms with van der Waals surface area (Å²) in [6.45, 7) is 1.87. The second-order valence-electron chi connectivity index (χ2n) is 8.39. The number of rotatable bonds is 6. The molecule has 4 rings (SSSR count). The molecule has 0 bridgehead atoms. The molecular weight excluding hydrogens is 443 g/mol. The summed E-state index contributed by atoms with van der Waals surface area (Å²) in [5.41, 5.74) is 0.706. The fourth-order valence-corrected chi connectivity index (χ4v) is 5.64. The molecule has 0 spiro atoms. The van der Waals surface area contributed by atoms with Gasteiger partial charge in [-0.3, -0.25) is 24.8 Å². The predicted octanol–water partition coefficient (Wildman–Crippen LogP) is 5.35. The standard InChI is InChI=1S/C24H27FN4O3S/c1-17(30)28(22-14-20(29(31)32)12-13-21(22)25)23-16-33-24(26-19-10-6-3-7-11-19)27(23)15-18-8-4-2-5-9-18/h2,4-5,8-9,12-14,19,23H,3,6-7,10-11,15-16H2,1H3. The number of carbonyl (C=O) groups is 1. The average molecular weight is 471 g/mol. The van der Waals surface area contributed by atoms with E-state index in [2.05, 4.69) is 0 Å². The second kappa shape index (κ2) is 10.3. The minimum Gasteiger partial charge on any atom is -0.325 e. The first-order valence-corrected chi connectivity index (χ1v) is 12.2. The molecule has 1 amide bonds. The van der Waals surface area contributed by atoms with Crippen LogP contribution >= 0.6 is 11.8 Å². The SMILES string of the molecule is CC(=O)N(c1cc([N+](=O)[O-])ccc1F)C1CSC(=NC2CCCCC2)N1Cc1ccccc1. The largest absolute Gasteiger partial charge is 0.325 e. The fourth-order valence-electron chi connectivity index (χ4n) is 4.43. The van der Waals surface area contributed by atoms with E-state index in [4.69, 9.17) is 4.99 Å². The van der Waals surface area contributed by atoms with Crippen LogP contribution in [0.5, 0.6) is 0 Å². The fraction of sp³-hybridized carbons (Fsp3) is 0.417. The summed E-state index contributed by atoms with van der Waals surface area (Å²) in [7, 11) is 0. The number of non-ortho nitro benzene ring substituents is 1. The maximum Gasteiger partial charge on any atom is 0.271 e. The van der Waals surface area contributed by atoms with E-state index in [-0.39, 0.29) is 23.3 Å². The number of hydrogen-bond acceptors (Lipinski definition) is 5.